The second kappa shape index (κ2) is 9.15. The van der Waals surface area contributed by atoms with Gasteiger partial charge < -0.3 is 14.5 Å². The van der Waals surface area contributed by atoms with E-state index in [1.807, 2.05) is 30.0 Å². The lowest BCUT2D eigenvalue weighted by atomic mass is 10.1. The Morgan fingerprint density at radius 2 is 2.00 bits per heavy atom. The Morgan fingerprint density at radius 3 is 2.70 bits per heavy atom. The Labute approximate surface area is 218 Å². The predicted molar refractivity (Wildman–Crippen MR) is 142 cm³/mol. The zero-order valence-corrected chi connectivity index (χ0v) is 21.3. The lowest BCUT2D eigenvalue weighted by molar-refractivity contribution is 0.0524. The zero-order chi connectivity index (χ0) is 25.7. The van der Waals surface area contributed by atoms with Gasteiger partial charge in [0.25, 0.3) is 0 Å². The molecule has 0 bridgehead atoms. The minimum absolute atomic E-state index is 0.0797. The molecule has 0 unspecified atom stereocenters. The largest absolute Gasteiger partial charge is 0.462 e. The van der Waals surface area contributed by atoms with Gasteiger partial charge in [0.15, 0.2) is 11.5 Å². The summed E-state index contributed by atoms with van der Waals surface area (Å²) in [6.07, 6.45) is 6.18. The molecule has 37 heavy (non-hydrogen) atoms. The normalized spacial score (nSPS) is 14.6. The fraction of sp³-hybridized carbons (Fsp3) is 0.296. The van der Waals surface area contributed by atoms with Crippen LogP contribution in [-0.2, 0) is 17.8 Å². The van der Waals surface area contributed by atoms with Gasteiger partial charge >= 0.3 is 5.97 Å². The first-order chi connectivity index (χ1) is 17.9. The molecule has 0 radical (unpaired) electrons. The van der Waals surface area contributed by atoms with Crippen molar-refractivity contribution in [2.45, 2.75) is 33.4 Å². The number of nitrogens with zero attached hydrogens (tertiary/aromatic N) is 6. The number of hydrogen-bond acceptors (Lipinski definition) is 8. The Bertz CT molecular complexity index is 1590. The summed E-state index contributed by atoms with van der Waals surface area (Å²) in [5.41, 5.74) is 3.57. The van der Waals surface area contributed by atoms with Gasteiger partial charge in [-0.2, -0.15) is 0 Å². The average Bonchev–Trinajstić information content (AvgIpc) is 3.28. The molecular formula is C27H25ClN6O3. The third kappa shape index (κ3) is 3.99. The SMILES string of the molecule is CCOC(=O)c1cn(-c2cnc(N3CCC3)cc2C)c2nc(N3Cc4cccnc4C3)c(Cl)cc2c1=O. The van der Waals surface area contributed by atoms with Gasteiger partial charge in [-0.3, -0.25) is 14.3 Å². The Morgan fingerprint density at radius 1 is 1.16 bits per heavy atom. The van der Waals surface area contributed by atoms with Crippen molar-refractivity contribution in [1.29, 1.82) is 0 Å². The van der Waals surface area contributed by atoms with E-state index in [0.29, 0.717) is 35.3 Å². The summed E-state index contributed by atoms with van der Waals surface area (Å²) in [7, 11) is 0. The summed E-state index contributed by atoms with van der Waals surface area (Å²) >= 11 is 6.69. The topological polar surface area (TPSA) is 93.5 Å². The smallest absolute Gasteiger partial charge is 0.343 e. The van der Waals surface area contributed by atoms with Gasteiger partial charge in [0, 0.05) is 32.0 Å². The Hall–Kier alpha value is -3.98. The second-order valence-electron chi connectivity index (χ2n) is 9.26. The van der Waals surface area contributed by atoms with Crippen molar-refractivity contribution >= 4 is 40.2 Å². The maximum absolute atomic E-state index is 13.4. The number of fused-ring (bicyclic) bond motifs is 2. The van der Waals surface area contributed by atoms with Crippen LogP contribution in [0.4, 0.5) is 11.6 Å². The third-order valence-electron chi connectivity index (χ3n) is 6.90. The van der Waals surface area contributed by atoms with Crippen LogP contribution in [0.3, 0.4) is 0 Å². The van der Waals surface area contributed by atoms with E-state index in [9.17, 15) is 9.59 Å². The number of pyridine rings is 4. The van der Waals surface area contributed by atoms with E-state index in [2.05, 4.69) is 14.9 Å². The molecule has 0 atom stereocenters. The highest BCUT2D eigenvalue weighted by Gasteiger charge is 2.26. The van der Waals surface area contributed by atoms with Crippen molar-refractivity contribution in [3.05, 3.63) is 80.5 Å². The molecule has 188 valence electrons. The molecule has 2 aliphatic rings. The molecule has 6 rings (SSSR count). The lowest BCUT2D eigenvalue weighted by Gasteiger charge is -2.32. The van der Waals surface area contributed by atoms with E-state index < -0.39 is 11.4 Å². The molecule has 6 heterocycles. The molecule has 0 aliphatic carbocycles. The van der Waals surface area contributed by atoms with Crippen molar-refractivity contribution in [3.8, 4) is 5.69 Å². The van der Waals surface area contributed by atoms with E-state index in [1.54, 1.807) is 30.0 Å². The standard InChI is InChI=1S/C27H25ClN6O3/c1-3-37-27(36)19-14-34(22-12-30-23(10-16(22)2)32-8-5-9-32)25-18(24(19)35)11-20(28)26(31-25)33-13-17-6-4-7-29-21(17)15-33/h4,6-7,10-12,14H,3,5,8-9,13,15H2,1-2H3. The summed E-state index contributed by atoms with van der Waals surface area (Å²) in [6, 6.07) is 7.55. The van der Waals surface area contributed by atoms with Crippen LogP contribution in [0.1, 0.15) is 40.5 Å². The number of carbonyl (C=O) groups is 1. The van der Waals surface area contributed by atoms with Crippen LogP contribution in [0, 0.1) is 6.92 Å². The molecule has 9 nitrogen and oxygen atoms in total. The van der Waals surface area contributed by atoms with Gasteiger partial charge in [0.05, 0.1) is 41.1 Å². The van der Waals surface area contributed by atoms with Gasteiger partial charge in [0.2, 0.25) is 5.43 Å². The van der Waals surface area contributed by atoms with Crippen LogP contribution >= 0.6 is 11.6 Å². The van der Waals surface area contributed by atoms with Crippen molar-refractivity contribution < 1.29 is 9.53 Å². The van der Waals surface area contributed by atoms with Gasteiger partial charge in [0.1, 0.15) is 11.4 Å². The first-order valence-corrected chi connectivity index (χ1v) is 12.6. The highest BCUT2D eigenvalue weighted by molar-refractivity contribution is 6.33. The molecule has 4 aromatic heterocycles. The molecule has 0 spiro atoms. The van der Waals surface area contributed by atoms with E-state index in [4.69, 9.17) is 21.3 Å². The minimum Gasteiger partial charge on any atom is -0.462 e. The van der Waals surface area contributed by atoms with Gasteiger partial charge in [-0.05, 0) is 49.6 Å². The molecule has 0 amide bonds. The Kier molecular flexibility index (Phi) is 5.79. The highest BCUT2D eigenvalue weighted by Crippen LogP contribution is 2.34. The monoisotopic (exact) mass is 516 g/mol. The van der Waals surface area contributed by atoms with E-state index in [1.165, 1.54) is 6.20 Å². The van der Waals surface area contributed by atoms with E-state index in [-0.39, 0.29) is 17.6 Å². The molecule has 1 fully saturated rings. The predicted octanol–water partition coefficient (Wildman–Crippen LogP) is 4.04. The van der Waals surface area contributed by atoms with Crippen molar-refractivity contribution in [3.63, 3.8) is 0 Å². The summed E-state index contributed by atoms with van der Waals surface area (Å²) in [5, 5.41) is 0.563. The summed E-state index contributed by atoms with van der Waals surface area (Å²) < 4.78 is 6.92. The number of anilines is 2. The fourth-order valence-electron chi connectivity index (χ4n) is 4.83. The molecule has 0 N–H and O–H groups in total. The van der Waals surface area contributed by atoms with Crippen LogP contribution in [0.25, 0.3) is 16.7 Å². The quantitative estimate of drug-likeness (QED) is 0.367. The number of aromatic nitrogens is 4. The van der Waals surface area contributed by atoms with Crippen LogP contribution in [0.15, 0.2) is 47.7 Å². The third-order valence-corrected chi connectivity index (χ3v) is 7.18. The van der Waals surface area contributed by atoms with E-state index >= 15 is 0 Å². The number of halogens is 1. The number of ether oxygens (including phenoxy) is 1. The first-order valence-electron chi connectivity index (χ1n) is 12.3. The first kappa shape index (κ1) is 23.4. The van der Waals surface area contributed by atoms with Crippen LogP contribution in [-0.4, -0.2) is 45.2 Å². The maximum atomic E-state index is 13.4. The highest BCUT2D eigenvalue weighted by atomic mass is 35.5. The molecule has 10 heteroatoms. The molecular weight excluding hydrogens is 492 g/mol. The van der Waals surface area contributed by atoms with Gasteiger partial charge in [-0.1, -0.05) is 17.7 Å². The molecule has 0 saturated carbocycles. The molecule has 2 aliphatic heterocycles. The van der Waals surface area contributed by atoms with Crippen LogP contribution < -0.4 is 15.2 Å². The van der Waals surface area contributed by atoms with Crippen molar-refractivity contribution in [2.24, 2.45) is 0 Å². The molecule has 1 saturated heterocycles. The number of rotatable bonds is 5. The number of hydrogen-bond donors (Lipinski definition) is 0. The minimum atomic E-state index is -0.688. The van der Waals surface area contributed by atoms with Crippen LogP contribution in [0.5, 0.6) is 0 Å². The van der Waals surface area contributed by atoms with Gasteiger partial charge in [-0.15, -0.1) is 0 Å². The molecule has 0 aromatic carbocycles. The Balaban J connectivity index is 1.54. The van der Waals surface area contributed by atoms with Crippen molar-refractivity contribution in [1.82, 2.24) is 19.5 Å². The number of carbonyl (C=O) groups excluding carboxylic acids is 1. The van der Waals surface area contributed by atoms with E-state index in [0.717, 1.165) is 42.1 Å². The number of aryl methyl sites for hydroxylation is 1. The molecule has 4 aromatic rings. The number of esters is 1. The average molecular weight is 517 g/mol. The summed E-state index contributed by atoms with van der Waals surface area (Å²) in [4.78, 5) is 44.4. The summed E-state index contributed by atoms with van der Waals surface area (Å²) in [6.45, 7) is 6.97. The zero-order valence-electron chi connectivity index (χ0n) is 20.6. The maximum Gasteiger partial charge on any atom is 0.343 e. The van der Waals surface area contributed by atoms with Crippen molar-refractivity contribution in [2.75, 3.05) is 29.5 Å². The van der Waals surface area contributed by atoms with Crippen LogP contribution in [0.2, 0.25) is 5.02 Å². The fourth-order valence-corrected chi connectivity index (χ4v) is 5.10. The summed E-state index contributed by atoms with van der Waals surface area (Å²) in [5.74, 6) is 0.765. The second-order valence-corrected chi connectivity index (χ2v) is 9.67. The van der Waals surface area contributed by atoms with Gasteiger partial charge in [-0.25, -0.2) is 14.8 Å². The lowest BCUT2D eigenvalue weighted by Crippen LogP contribution is -2.37.